The van der Waals surface area contributed by atoms with Gasteiger partial charge in [-0.25, -0.2) is 0 Å². The van der Waals surface area contributed by atoms with E-state index in [1.54, 1.807) is 7.11 Å². The van der Waals surface area contributed by atoms with E-state index in [0.29, 0.717) is 38.8 Å². The average Bonchev–Trinajstić information content (AvgIpc) is 3.37. The van der Waals surface area contributed by atoms with Gasteiger partial charge in [0.2, 0.25) is 0 Å². The number of benzene rings is 6. The molecule has 8 rings (SSSR count). The number of hydrogen-bond acceptors (Lipinski definition) is 9. The summed E-state index contributed by atoms with van der Waals surface area (Å²) in [4.78, 5) is 0. The van der Waals surface area contributed by atoms with Gasteiger partial charge < -0.3 is 42.6 Å². The Bertz CT molecular complexity index is 2360. The van der Waals surface area contributed by atoms with E-state index in [4.69, 9.17) is 42.6 Å². The zero-order valence-electron chi connectivity index (χ0n) is 36.6. The lowest BCUT2D eigenvalue weighted by Crippen LogP contribution is -2.60. The molecule has 0 radical (unpaired) electrons. The summed E-state index contributed by atoms with van der Waals surface area (Å²) in [5.74, 6) is 7.13. The van der Waals surface area contributed by atoms with E-state index in [9.17, 15) is 0 Å². The molecule has 6 aromatic rings. The van der Waals surface area contributed by atoms with Crippen LogP contribution < -0.4 is 0 Å². The summed E-state index contributed by atoms with van der Waals surface area (Å²) in [6.07, 6.45) is -3.43. The summed E-state index contributed by atoms with van der Waals surface area (Å²) in [5.41, 5.74) is 6.12. The quantitative estimate of drug-likeness (QED) is 0.0697. The van der Waals surface area contributed by atoms with Crippen molar-refractivity contribution in [3.63, 3.8) is 0 Å². The Hall–Kier alpha value is -5.90. The Labute approximate surface area is 382 Å². The van der Waals surface area contributed by atoms with Gasteiger partial charge in [0.1, 0.15) is 30.5 Å². The molecule has 8 atom stereocenters. The molecule has 1 saturated heterocycles. The van der Waals surface area contributed by atoms with Gasteiger partial charge in [-0.3, -0.25) is 0 Å². The molecule has 65 heavy (non-hydrogen) atoms. The lowest BCUT2D eigenvalue weighted by molar-refractivity contribution is -0.307. The first-order valence-electron chi connectivity index (χ1n) is 22.2. The molecule has 2 heterocycles. The molecule has 9 nitrogen and oxygen atoms in total. The number of hydrogen-bond donors (Lipinski definition) is 0. The van der Waals surface area contributed by atoms with Crippen molar-refractivity contribution in [3.8, 4) is 11.8 Å². The fraction of sp³-hybridized carbons (Fsp3) is 0.286. The molecule has 0 aromatic heterocycles. The topological polar surface area (TPSA) is 83.1 Å². The van der Waals surface area contributed by atoms with Crippen LogP contribution in [0.3, 0.4) is 0 Å². The van der Waals surface area contributed by atoms with Crippen LogP contribution in [-0.4, -0.2) is 62.7 Å². The first-order valence-corrected chi connectivity index (χ1v) is 22.2. The summed E-state index contributed by atoms with van der Waals surface area (Å²) in [7, 11) is 1.60. The molecule has 0 saturated carbocycles. The van der Waals surface area contributed by atoms with Gasteiger partial charge in [-0.15, -0.1) is 0 Å². The van der Waals surface area contributed by atoms with E-state index in [1.807, 2.05) is 188 Å². The molecule has 9 heteroatoms. The van der Waals surface area contributed by atoms with E-state index in [1.165, 1.54) is 0 Å². The second-order valence-corrected chi connectivity index (χ2v) is 15.9. The molecular formula is C56H56O9. The van der Waals surface area contributed by atoms with Gasteiger partial charge in [0, 0.05) is 7.11 Å². The SMILES string of the molecule is CO[C@H]1O[C@H](C#CC2=C[C@@H](OCc3ccccc3)[C@@H](OCc3ccccc3)[C@@H](COCc3ccccc3)O2)[C@H](OCc2ccccc2)[C@H](OCc2ccccc2)[C@H]1OCc1ccccc1. The molecule has 0 bridgehead atoms. The smallest absolute Gasteiger partial charge is 0.187 e. The number of ether oxygens (including phenoxy) is 9. The molecule has 0 unspecified atom stereocenters. The van der Waals surface area contributed by atoms with Crippen LogP contribution in [0, 0.1) is 11.8 Å². The lowest BCUT2D eigenvalue weighted by Gasteiger charge is -2.44. The maximum absolute atomic E-state index is 6.81. The molecule has 0 spiro atoms. The van der Waals surface area contributed by atoms with Crippen LogP contribution in [0.5, 0.6) is 0 Å². The van der Waals surface area contributed by atoms with Crippen molar-refractivity contribution in [2.75, 3.05) is 13.7 Å². The molecule has 334 valence electrons. The maximum atomic E-state index is 6.81. The van der Waals surface area contributed by atoms with E-state index in [2.05, 4.69) is 11.8 Å². The number of methoxy groups -OCH3 is 1. The second-order valence-electron chi connectivity index (χ2n) is 15.9. The van der Waals surface area contributed by atoms with Gasteiger partial charge in [0.25, 0.3) is 0 Å². The third-order valence-electron chi connectivity index (χ3n) is 11.2. The predicted molar refractivity (Wildman–Crippen MR) is 248 cm³/mol. The second kappa shape index (κ2) is 24.4. The van der Waals surface area contributed by atoms with Crippen molar-refractivity contribution in [1.82, 2.24) is 0 Å². The minimum Gasteiger partial charge on any atom is -0.477 e. The normalized spacial score (nSPS) is 22.8. The minimum atomic E-state index is -0.839. The zero-order chi connectivity index (χ0) is 44.3. The summed E-state index contributed by atoms with van der Waals surface area (Å²) < 4.78 is 59.4. The lowest BCUT2D eigenvalue weighted by atomic mass is 9.97. The van der Waals surface area contributed by atoms with Crippen molar-refractivity contribution in [1.29, 1.82) is 0 Å². The van der Waals surface area contributed by atoms with Crippen molar-refractivity contribution >= 4 is 0 Å². The highest BCUT2D eigenvalue weighted by molar-refractivity contribution is 5.30. The third-order valence-corrected chi connectivity index (χ3v) is 11.2. The van der Waals surface area contributed by atoms with Gasteiger partial charge in [0.15, 0.2) is 24.3 Å². The van der Waals surface area contributed by atoms with Gasteiger partial charge >= 0.3 is 0 Å². The summed E-state index contributed by atoms with van der Waals surface area (Å²) >= 11 is 0. The molecule has 0 aliphatic carbocycles. The molecule has 1 fully saturated rings. The Morgan fingerprint density at radius 1 is 0.431 bits per heavy atom. The fourth-order valence-electron chi connectivity index (χ4n) is 7.78. The van der Waals surface area contributed by atoms with Crippen LogP contribution in [0.25, 0.3) is 0 Å². The average molecular weight is 873 g/mol. The minimum absolute atomic E-state index is 0.225. The van der Waals surface area contributed by atoms with Crippen LogP contribution in [0.15, 0.2) is 194 Å². The highest BCUT2D eigenvalue weighted by Crippen LogP contribution is 2.32. The van der Waals surface area contributed by atoms with Crippen LogP contribution >= 0.6 is 0 Å². The van der Waals surface area contributed by atoms with Crippen LogP contribution in [-0.2, 0) is 82.3 Å². The molecule has 0 N–H and O–H groups in total. The van der Waals surface area contributed by atoms with Gasteiger partial charge in [0.05, 0.1) is 46.2 Å². The van der Waals surface area contributed by atoms with Crippen molar-refractivity contribution < 1.29 is 42.6 Å². The monoisotopic (exact) mass is 872 g/mol. The largest absolute Gasteiger partial charge is 0.477 e. The molecule has 0 amide bonds. The van der Waals surface area contributed by atoms with Crippen LogP contribution in [0.2, 0.25) is 0 Å². The van der Waals surface area contributed by atoms with Gasteiger partial charge in [-0.05, 0) is 45.4 Å². The van der Waals surface area contributed by atoms with Crippen molar-refractivity contribution in [2.24, 2.45) is 0 Å². The Kier molecular flexibility index (Phi) is 17.1. The van der Waals surface area contributed by atoms with E-state index < -0.39 is 49.0 Å². The fourth-order valence-corrected chi connectivity index (χ4v) is 7.78. The zero-order valence-corrected chi connectivity index (χ0v) is 36.6. The van der Waals surface area contributed by atoms with Crippen LogP contribution in [0.4, 0.5) is 0 Å². The van der Waals surface area contributed by atoms with E-state index >= 15 is 0 Å². The standard InChI is InChI=1S/C56H56O9/c1-57-56-55(63-40-47-30-18-7-19-31-47)54(62-39-46-28-16-6-17-29-46)53(61-38-45-26-14-5-15-27-45)49(65-56)33-32-48-34-50(59-36-43-22-10-3-11-23-43)52(60-37-44-24-12-4-13-25-44)51(64-48)41-58-35-42-20-8-2-9-21-42/h2-31,34,49-56H,35-41H2,1H3/t49-,50-,51-,52-,53+,54+,55-,56+/m1/s1. The van der Waals surface area contributed by atoms with E-state index in [0.717, 1.165) is 33.4 Å². The Morgan fingerprint density at radius 2 is 0.815 bits per heavy atom. The Balaban J connectivity index is 1.11. The molecule has 2 aliphatic rings. The van der Waals surface area contributed by atoms with Crippen molar-refractivity contribution in [3.05, 3.63) is 227 Å². The first kappa shape index (κ1) is 45.7. The molecule has 2 aliphatic heterocycles. The van der Waals surface area contributed by atoms with Crippen LogP contribution in [0.1, 0.15) is 33.4 Å². The van der Waals surface area contributed by atoms with Gasteiger partial charge in [-0.1, -0.05) is 188 Å². The van der Waals surface area contributed by atoms with Crippen molar-refractivity contribution in [2.45, 2.75) is 88.7 Å². The highest BCUT2D eigenvalue weighted by Gasteiger charge is 2.48. The Morgan fingerprint density at radius 3 is 1.26 bits per heavy atom. The number of rotatable bonds is 20. The summed E-state index contributed by atoms with van der Waals surface area (Å²) in [6, 6.07) is 60.3. The summed E-state index contributed by atoms with van der Waals surface area (Å²) in [5, 5.41) is 0. The third kappa shape index (κ3) is 13.6. The highest BCUT2D eigenvalue weighted by atomic mass is 16.7. The predicted octanol–water partition coefficient (Wildman–Crippen LogP) is 9.79. The number of allylic oxidation sites excluding steroid dienone is 1. The van der Waals surface area contributed by atoms with Gasteiger partial charge in [-0.2, -0.15) is 0 Å². The molecule has 6 aromatic carbocycles. The van der Waals surface area contributed by atoms with E-state index in [-0.39, 0.29) is 13.2 Å². The summed E-state index contributed by atoms with van der Waals surface area (Å²) in [6.45, 7) is 2.25. The molecular weight excluding hydrogens is 817 g/mol. The first-order chi connectivity index (χ1) is 32.2. The maximum Gasteiger partial charge on any atom is 0.187 e.